The van der Waals surface area contributed by atoms with E-state index in [1.165, 1.54) is 49.0 Å². The number of aliphatic hydroxyl groups is 1. The standard InChI is InChI=1S/C29H27FN6O6S/c1-15-8-18(26-22(9-15)35-25(40-3)14-32-26)28-36-21-10-19(30)23(11-24(21)43-28)41-6-7-42-29(39)34-17-4-5-20(31-13-17)27(38)33-12-16(2)37/h4-5,8-11,13-14,16,37H,6-7,12H2,1-3H3,(H,33,38)(H,34,39)/t16-/m1/s1. The summed E-state index contributed by atoms with van der Waals surface area (Å²) in [6.45, 7) is 3.34. The molecule has 3 heterocycles. The minimum Gasteiger partial charge on any atom is -0.487 e. The SMILES string of the molecule is COc1cnc2c(-c3nc4cc(F)c(OCCOC(=O)Nc5ccc(C(=O)NC[C@@H](C)O)nc5)cc4s3)cc(C)cc2n1. The van der Waals surface area contributed by atoms with Gasteiger partial charge in [0.1, 0.15) is 23.9 Å². The van der Waals surface area contributed by atoms with Gasteiger partial charge in [-0.05, 0) is 43.7 Å². The number of ether oxygens (including phenoxy) is 3. The minimum atomic E-state index is -0.772. The zero-order valence-electron chi connectivity index (χ0n) is 23.4. The van der Waals surface area contributed by atoms with Crippen LogP contribution >= 0.6 is 11.3 Å². The van der Waals surface area contributed by atoms with Crippen LogP contribution in [0.4, 0.5) is 14.9 Å². The molecule has 0 fully saturated rings. The van der Waals surface area contributed by atoms with Gasteiger partial charge in [0.2, 0.25) is 5.88 Å². The Morgan fingerprint density at radius 3 is 2.65 bits per heavy atom. The summed E-state index contributed by atoms with van der Waals surface area (Å²) in [5.74, 6) is -0.651. The van der Waals surface area contributed by atoms with E-state index in [-0.39, 0.29) is 31.2 Å². The molecule has 14 heteroatoms. The maximum atomic E-state index is 14.8. The number of aryl methyl sites for hydroxylation is 1. The summed E-state index contributed by atoms with van der Waals surface area (Å²) in [6.07, 6.45) is 1.38. The van der Waals surface area contributed by atoms with E-state index < -0.39 is 23.9 Å². The van der Waals surface area contributed by atoms with E-state index in [0.29, 0.717) is 37.8 Å². The number of halogens is 1. The normalized spacial score (nSPS) is 11.7. The molecule has 12 nitrogen and oxygen atoms in total. The van der Waals surface area contributed by atoms with Crippen molar-refractivity contribution in [2.45, 2.75) is 20.0 Å². The molecule has 2 aromatic carbocycles. The number of nitrogens with zero attached hydrogens (tertiary/aromatic N) is 4. The summed E-state index contributed by atoms with van der Waals surface area (Å²) in [5.41, 5.74) is 3.96. The molecule has 5 rings (SSSR count). The molecule has 0 aliphatic rings. The van der Waals surface area contributed by atoms with Gasteiger partial charge in [-0.3, -0.25) is 10.1 Å². The molecule has 0 saturated carbocycles. The molecular weight excluding hydrogens is 579 g/mol. The van der Waals surface area contributed by atoms with E-state index in [1.807, 2.05) is 19.1 Å². The topological polar surface area (TPSA) is 158 Å². The van der Waals surface area contributed by atoms with Gasteiger partial charge in [0.25, 0.3) is 5.91 Å². The Kier molecular flexibility index (Phi) is 8.87. The lowest BCUT2D eigenvalue weighted by Crippen LogP contribution is -2.31. The molecule has 2 amide bonds. The second-order valence-electron chi connectivity index (χ2n) is 9.46. The third-order valence-electron chi connectivity index (χ3n) is 6.03. The highest BCUT2D eigenvalue weighted by Crippen LogP contribution is 2.37. The number of carbonyl (C=O) groups excluding carboxylic acids is 2. The average Bonchev–Trinajstić information content (AvgIpc) is 3.40. The number of amides is 2. The molecule has 222 valence electrons. The number of hydrogen-bond donors (Lipinski definition) is 3. The van der Waals surface area contributed by atoms with Crippen LogP contribution in [-0.4, -0.2) is 70.0 Å². The number of rotatable bonds is 10. The first-order valence-electron chi connectivity index (χ1n) is 13.1. The molecule has 0 aliphatic carbocycles. The van der Waals surface area contributed by atoms with Gasteiger partial charge in [0.05, 0.1) is 52.5 Å². The average molecular weight is 607 g/mol. The molecule has 0 saturated heterocycles. The third-order valence-corrected chi connectivity index (χ3v) is 7.08. The van der Waals surface area contributed by atoms with Crippen molar-refractivity contribution in [3.05, 3.63) is 65.9 Å². The van der Waals surface area contributed by atoms with Crippen molar-refractivity contribution in [3.8, 4) is 22.2 Å². The van der Waals surface area contributed by atoms with Crippen LogP contribution in [0.25, 0.3) is 31.8 Å². The highest BCUT2D eigenvalue weighted by Gasteiger charge is 2.16. The number of fused-ring (bicyclic) bond motifs is 2. The first-order valence-corrected chi connectivity index (χ1v) is 13.9. The number of aromatic nitrogens is 4. The Bertz CT molecular complexity index is 1800. The van der Waals surface area contributed by atoms with Crippen molar-refractivity contribution in [1.82, 2.24) is 25.3 Å². The number of methoxy groups -OCH3 is 1. The van der Waals surface area contributed by atoms with Crippen molar-refractivity contribution >= 4 is 50.3 Å². The molecule has 1 atom stereocenters. The number of nitrogens with one attached hydrogen (secondary N) is 2. The number of thiazole rings is 1. The Labute approximate surface area is 248 Å². The quantitative estimate of drug-likeness (QED) is 0.193. The van der Waals surface area contributed by atoms with Crippen LogP contribution in [0.2, 0.25) is 0 Å². The van der Waals surface area contributed by atoms with E-state index in [0.717, 1.165) is 11.1 Å². The lowest BCUT2D eigenvalue weighted by molar-refractivity contribution is 0.0919. The van der Waals surface area contributed by atoms with Crippen molar-refractivity contribution in [2.24, 2.45) is 0 Å². The Morgan fingerprint density at radius 2 is 1.91 bits per heavy atom. The van der Waals surface area contributed by atoms with Crippen molar-refractivity contribution in [1.29, 1.82) is 0 Å². The second kappa shape index (κ2) is 12.9. The van der Waals surface area contributed by atoms with Crippen LogP contribution in [-0.2, 0) is 4.74 Å². The summed E-state index contributed by atoms with van der Waals surface area (Å²) in [4.78, 5) is 41.7. The zero-order chi connectivity index (χ0) is 30.5. The number of benzene rings is 2. The van der Waals surface area contributed by atoms with E-state index in [1.54, 1.807) is 13.0 Å². The fourth-order valence-electron chi connectivity index (χ4n) is 4.04. The second-order valence-corrected chi connectivity index (χ2v) is 10.5. The van der Waals surface area contributed by atoms with Gasteiger partial charge in [0, 0.05) is 24.2 Å². The molecule has 3 aromatic heterocycles. The van der Waals surface area contributed by atoms with E-state index in [9.17, 15) is 19.1 Å². The van der Waals surface area contributed by atoms with Gasteiger partial charge < -0.3 is 24.6 Å². The molecule has 3 N–H and O–H groups in total. The third kappa shape index (κ3) is 7.10. The fourth-order valence-corrected chi connectivity index (χ4v) is 5.03. The van der Waals surface area contributed by atoms with Gasteiger partial charge in [-0.2, -0.15) is 0 Å². The van der Waals surface area contributed by atoms with Crippen molar-refractivity contribution < 1.29 is 33.3 Å². The van der Waals surface area contributed by atoms with Crippen LogP contribution in [0, 0.1) is 12.7 Å². The molecule has 0 radical (unpaired) electrons. The van der Waals surface area contributed by atoms with Crippen molar-refractivity contribution in [3.63, 3.8) is 0 Å². The monoisotopic (exact) mass is 606 g/mol. The molecule has 0 aliphatic heterocycles. The maximum Gasteiger partial charge on any atom is 0.411 e. The predicted molar refractivity (Wildman–Crippen MR) is 158 cm³/mol. The van der Waals surface area contributed by atoms with Crippen LogP contribution in [0.3, 0.4) is 0 Å². The predicted octanol–water partition coefficient (Wildman–Crippen LogP) is 4.50. The van der Waals surface area contributed by atoms with E-state index in [2.05, 4.69) is 30.6 Å². The number of hydrogen-bond acceptors (Lipinski definition) is 11. The van der Waals surface area contributed by atoms with Crippen molar-refractivity contribution in [2.75, 3.05) is 32.2 Å². The number of aliphatic hydroxyl groups excluding tert-OH is 1. The molecule has 43 heavy (non-hydrogen) atoms. The molecule has 5 aromatic rings. The highest BCUT2D eigenvalue weighted by atomic mass is 32.1. The van der Waals surface area contributed by atoms with Crippen LogP contribution in [0.1, 0.15) is 23.0 Å². The summed E-state index contributed by atoms with van der Waals surface area (Å²) in [5, 5.41) is 14.9. The Morgan fingerprint density at radius 1 is 1.07 bits per heavy atom. The van der Waals surface area contributed by atoms with Gasteiger partial charge in [0.15, 0.2) is 11.6 Å². The Balaban J connectivity index is 1.18. The number of pyridine rings is 1. The molecule has 0 spiro atoms. The first-order chi connectivity index (χ1) is 20.7. The number of anilines is 1. The highest BCUT2D eigenvalue weighted by molar-refractivity contribution is 7.21. The summed E-state index contributed by atoms with van der Waals surface area (Å²) >= 11 is 1.36. The van der Waals surface area contributed by atoms with E-state index in [4.69, 9.17) is 14.2 Å². The minimum absolute atomic E-state index is 0.000932. The lowest BCUT2D eigenvalue weighted by Gasteiger charge is -2.10. The zero-order valence-corrected chi connectivity index (χ0v) is 24.2. The summed E-state index contributed by atoms with van der Waals surface area (Å²) in [7, 11) is 1.53. The fraction of sp³-hybridized carbons (Fsp3) is 0.241. The first kappa shape index (κ1) is 29.5. The van der Waals surface area contributed by atoms with E-state index >= 15 is 0 Å². The van der Waals surface area contributed by atoms with Crippen LogP contribution < -0.4 is 20.1 Å². The lowest BCUT2D eigenvalue weighted by atomic mass is 10.1. The smallest absolute Gasteiger partial charge is 0.411 e. The molecular formula is C29H27FN6O6S. The number of carbonyl (C=O) groups is 2. The van der Waals surface area contributed by atoms with Gasteiger partial charge in [-0.15, -0.1) is 11.3 Å². The maximum absolute atomic E-state index is 14.8. The molecule has 0 bridgehead atoms. The van der Waals surface area contributed by atoms with Gasteiger partial charge in [-0.1, -0.05) is 0 Å². The van der Waals surface area contributed by atoms with Crippen LogP contribution in [0.15, 0.2) is 48.8 Å². The summed E-state index contributed by atoms with van der Waals surface area (Å²) < 4.78 is 31.4. The largest absolute Gasteiger partial charge is 0.487 e. The van der Waals surface area contributed by atoms with Gasteiger partial charge >= 0.3 is 6.09 Å². The Hall–Kier alpha value is -4.95. The van der Waals surface area contributed by atoms with Gasteiger partial charge in [-0.25, -0.2) is 29.1 Å². The molecule has 0 unspecified atom stereocenters. The summed E-state index contributed by atoms with van der Waals surface area (Å²) in [6, 6.07) is 9.63. The van der Waals surface area contributed by atoms with Crippen LogP contribution in [0.5, 0.6) is 11.6 Å².